The maximum atomic E-state index is 12.5. The van der Waals surface area contributed by atoms with Crippen molar-refractivity contribution in [3.8, 4) is 0 Å². The molecule has 3 rings (SSSR count). The minimum atomic E-state index is 0.108. The first-order valence-corrected chi connectivity index (χ1v) is 9.77. The maximum Gasteiger partial charge on any atom is 0.252 e. The van der Waals surface area contributed by atoms with Gasteiger partial charge in [-0.05, 0) is 38.7 Å². The molecule has 9 heteroatoms. The van der Waals surface area contributed by atoms with Crippen LogP contribution in [-0.4, -0.2) is 64.1 Å². The molecule has 0 atom stereocenters. The number of likely N-dealkylation sites (tertiary alicyclic amines) is 1. The van der Waals surface area contributed by atoms with Crippen molar-refractivity contribution in [3.63, 3.8) is 0 Å². The van der Waals surface area contributed by atoms with Crippen molar-refractivity contribution in [3.05, 3.63) is 28.7 Å². The Balaban J connectivity index is 1.37. The number of aryl methyl sites for hydroxylation is 2. The number of nitrogens with one attached hydrogen (secondary N) is 1. The van der Waals surface area contributed by atoms with Crippen molar-refractivity contribution in [1.82, 2.24) is 25.2 Å². The predicted octanol–water partition coefficient (Wildman–Crippen LogP) is 1.74. The van der Waals surface area contributed by atoms with Crippen LogP contribution in [0.5, 0.6) is 0 Å². The summed E-state index contributed by atoms with van der Waals surface area (Å²) in [7, 11) is 1.64. The van der Waals surface area contributed by atoms with Crippen LogP contribution < -0.4 is 0 Å². The zero-order valence-electron chi connectivity index (χ0n) is 16.9. The molecule has 0 aliphatic carbocycles. The van der Waals surface area contributed by atoms with Gasteiger partial charge < -0.3 is 18.9 Å². The van der Waals surface area contributed by atoms with Gasteiger partial charge >= 0.3 is 0 Å². The van der Waals surface area contributed by atoms with Gasteiger partial charge in [-0.3, -0.25) is 9.89 Å². The van der Waals surface area contributed by atoms with Crippen LogP contribution in [0.3, 0.4) is 0 Å². The van der Waals surface area contributed by atoms with E-state index in [1.54, 1.807) is 7.11 Å². The van der Waals surface area contributed by atoms with Crippen molar-refractivity contribution in [2.75, 3.05) is 26.8 Å². The van der Waals surface area contributed by atoms with Gasteiger partial charge in [0.25, 0.3) is 5.89 Å². The summed E-state index contributed by atoms with van der Waals surface area (Å²) in [5.74, 6) is 1.30. The molecule has 0 spiro atoms. The Morgan fingerprint density at radius 1 is 1.29 bits per heavy atom. The standard InChI is InChI=1S/C19H29N5O4/c1-13-16(14(2)22-21-13)4-5-19(25)24-9-6-15(7-10-24)27-12-18-20-17(23-28-18)8-11-26-3/h15H,4-12H2,1-3H3,(H,21,22). The molecule has 1 fully saturated rings. The molecule has 1 amide bonds. The Morgan fingerprint density at radius 3 is 2.75 bits per heavy atom. The van der Waals surface area contributed by atoms with Crippen molar-refractivity contribution in [2.45, 2.75) is 58.7 Å². The summed E-state index contributed by atoms with van der Waals surface area (Å²) in [5, 5.41) is 11.1. The van der Waals surface area contributed by atoms with E-state index in [0.717, 1.165) is 49.3 Å². The Morgan fingerprint density at radius 2 is 2.07 bits per heavy atom. The molecule has 1 N–H and O–H groups in total. The highest BCUT2D eigenvalue weighted by Crippen LogP contribution is 2.18. The van der Waals surface area contributed by atoms with Crippen molar-refractivity contribution >= 4 is 5.91 Å². The second-order valence-electron chi connectivity index (χ2n) is 7.15. The van der Waals surface area contributed by atoms with Gasteiger partial charge in [0.05, 0.1) is 18.4 Å². The van der Waals surface area contributed by atoms with Crippen LogP contribution in [0, 0.1) is 13.8 Å². The van der Waals surface area contributed by atoms with Gasteiger partial charge in [0, 0.05) is 38.7 Å². The van der Waals surface area contributed by atoms with Gasteiger partial charge in [0.2, 0.25) is 5.91 Å². The number of rotatable bonds is 9. The number of carbonyl (C=O) groups excluding carboxylic acids is 1. The third kappa shape index (κ3) is 5.39. The quantitative estimate of drug-likeness (QED) is 0.694. The van der Waals surface area contributed by atoms with Gasteiger partial charge in [0.1, 0.15) is 6.61 Å². The summed E-state index contributed by atoms with van der Waals surface area (Å²) in [6.07, 6.45) is 3.61. The van der Waals surface area contributed by atoms with E-state index in [4.69, 9.17) is 14.0 Å². The first kappa shape index (κ1) is 20.5. The van der Waals surface area contributed by atoms with Gasteiger partial charge in [-0.1, -0.05) is 5.16 Å². The number of nitrogens with zero attached hydrogens (tertiary/aromatic N) is 4. The molecule has 0 unspecified atom stereocenters. The summed E-state index contributed by atoms with van der Waals surface area (Å²) >= 11 is 0. The first-order valence-electron chi connectivity index (χ1n) is 9.77. The number of methoxy groups -OCH3 is 1. The predicted molar refractivity (Wildman–Crippen MR) is 101 cm³/mol. The molecule has 1 aliphatic rings. The van der Waals surface area contributed by atoms with E-state index in [2.05, 4.69) is 20.3 Å². The second-order valence-corrected chi connectivity index (χ2v) is 7.15. The lowest BCUT2D eigenvalue weighted by atomic mass is 10.0. The minimum Gasteiger partial charge on any atom is -0.384 e. The van der Waals surface area contributed by atoms with Gasteiger partial charge in [-0.25, -0.2) is 0 Å². The van der Waals surface area contributed by atoms with E-state index in [-0.39, 0.29) is 12.0 Å². The number of carbonyl (C=O) groups is 1. The van der Waals surface area contributed by atoms with Crippen LogP contribution in [0.1, 0.15) is 47.9 Å². The number of H-pyrrole nitrogens is 1. The number of aromatic amines is 1. The van der Waals surface area contributed by atoms with Crippen LogP contribution >= 0.6 is 0 Å². The van der Waals surface area contributed by atoms with Gasteiger partial charge in [0.15, 0.2) is 5.82 Å². The van der Waals surface area contributed by atoms with Crippen LogP contribution in [0.25, 0.3) is 0 Å². The SMILES string of the molecule is COCCc1noc(COC2CCN(C(=O)CCc3c(C)n[nH]c3C)CC2)n1. The molecule has 0 saturated carbocycles. The van der Waals surface area contributed by atoms with E-state index >= 15 is 0 Å². The summed E-state index contributed by atoms with van der Waals surface area (Å²) in [6.45, 7) is 6.26. The highest BCUT2D eigenvalue weighted by molar-refractivity contribution is 5.76. The number of hydrogen-bond acceptors (Lipinski definition) is 7. The molecule has 1 aliphatic heterocycles. The Labute approximate surface area is 164 Å². The number of aromatic nitrogens is 4. The Hall–Kier alpha value is -2.26. The lowest BCUT2D eigenvalue weighted by Crippen LogP contribution is -2.41. The Kier molecular flexibility index (Phi) is 7.16. The number of amides is 1. The highest BCUT2D eigenvalue weighted by Gasteiger charge is 2.24. The van der Waals surface area contributed by atoms with E-state index in [0.29, 0.717) is 37.8 Å². The normalized spacial score (nSPS) is 15.3. The fourth-order valence-electron chi connectivity index (χ4n) is 3.44. The van der Waals surface area contributed by atoms with E-state index in [1.165, 1.54) is 0 Å². The molecular weight excluding hydrogens is 362 g/mol. The molecule has 1 saturated heterocycles. The molecule has 28 heavy (non-hydrogen) atoms. The van der Waals surface area contributed by atoms with Crippen molar-refractivity contribution < 1.29 is 18.8 Å². The molecule has 154 valence electrons. The molecule has 3 heterocycles. The monoisotopic (exact) mass is 391 g/mol. The third-order valence-electron chi connectivity index (χ3n) is 5.15. The van der Waals surface area contributed by atoms with Crippen LogP contribution in [0.2, 0.25) is 0 Å². The van der Waals surface area contributed by atoms with Gasteiger partial charge in [-0.2, -0.15) is 10.1 Å². The fourth-order valence-corrected chi connectivity index (χ4v) is 3.44. The fraction of sp³-hybridized carbons (Fsp3) is 0.684. The van der Waals surface area contributed by atoms with Crippen LogP contribution in [0.4, 0.5) is 0 Å². The topological polar surface area (TPSA) is 106 Å². The number of piperidine rings is 1. The third-order valence-corrected chi connectivity index (χ3v) is 5.15. The van der Waals surface area contributed by atoms with E-state index < -0.39 is 0 Å². The molecule has 0 bridgehead atoms. The highest BCUT2D eigenvalue weighted by atomic mass is 16.5. The second kappa shape index (κ2) is 9.79. The average Bonchev–Trinajstić information content (AvgIpc) is 3.29. The molecule has 0 aromatic carbocycles. The summed E-state index contributed by atoms with van der Waals surface area (Å²) < 4.78 is 16.1. The van der Waals surface area contributed by atoms with Crippen molar-refractivity contribution in [2.24, 2.45) is 0 Å². The minimum absolute atomic E-state index is 0.108. The lowest BCUT2D eigenvalue weighted by molar-refractivity contribution is -0.134. The van der Waals surface area contributed by atoms with E-state index in [9.17, 15) is 4.79 Å². The number of hydrogen-bond donors (Lipinski definition) is 1. The largest absolute Gasteiger partial charge is 0.384 e. The van der Waals surface area contributed by atoms with Crippen LogP contribution in [-0.2, 0) is 33.7 Å². The smallest absolute Gasteiger partial charge is 0.252 e. The Bertz CT molecular complexity index is 745. The maximum absolute atomic E-state index is 12.5. The summed E-state index contributed by atoms with van der Waals surface area (Å²) in [4.78, 5) is 18.7. The van der Waals surface area contributed by atoms with Gasteiger partial charge in [-0.15, -0.1) is 0 Å². The van der Waals surface area contributed by atoms with E-state index in [1.807, 2.05) is 18.7 Å². The zero-order valence-corrected chi connectivity index (χ0v) is 16.9. The summed E-state index contributed by atoms with van der Waals surface area (Å²) in [5.41, 5.74) is 3.17. The molecule has 2 aromatic rings. The summed E-state index contributed by atoms with van der Waals surface area (Å²) in [6, 6.07) is 0. The molecule has 2 aromatic heterocycles. The van der Waals surface area contributed by atoms with Crippen LogP contribution in [0.15, 0.2) is 4.52 Å². The average molecular weight is 391 g/mol. The molecular formula is C19H29N5O4. The van der Waals surface area contributed by atoms with Crippen molar-refractivity contribution in [1.29, 1.82) is 0 Å². The zero-order chi connectivity index (χ0) is 19.9. The first-order chi connectivity index (χ1) is 13.6. The lowest BCUT2D eigenvalue weighted by Gasteiger charge is -2.31. The molecule has 9 nitrogen and oxygen atoms in total. The number of ether oxygens (including phenoxy) is 2. The molecule has 0 radical (unpaired) electrons.